The minimum Gasteiger partial charge on any atom is -0.349 e. The molecule has 0 radical (unpaired) electrons. The summed E-state index contributed by atoms with van der Waals surface area (Å²) in [6.07, 6.45) is 2.75. The van der Waals surface area contributed by atoms with Crippen molar-refractivity contribution in [1.29, 1.82) is 0 Å². The summed E-state index contributed by atoms with van der Waals surface area (Å²) in [7, 11) is 3.59. The van der Waals surface area contributed by atoms with Gasteiger partial charge in [0.1, 0.15) is 0 Å². The van der Waals surface area contributed by atoms with E-state index in [2.05, 4.69) is 12.2 Å². The maximum Gasteiger partial charge on any atom is 0.222 e. The van der Waals surface area contributed by atoms with E-state index in [1.54, 1.807) is 19.0 Å². The van der Waals surface area contributed by atoms with Crippen molar-refractivity contribution in [3.05, 3.63) is 0 Å². The topological polar surface area (TPSA) is 32.3 Å². The molecule has 0 aromatic heterocycles. The number of carbonyl (C=O) groups is 1. The minimum atomic E-state index is 0.216. The van der Waals surface area contributed by atoms with E-state index in [0.29, 0.717) is 6.42 Å². The van der Waals surface area contributed by atoms with E-state index in [-0.39, 0.29) is 5.91 Å². The first kappa shape index (κ1) is 11.4. The Balaban J connectivity index is 3.14. The van der Waals surface area contributed by atoms with Gasteiger partial charge in [0, 0.05) is 20.5 Å². The first-order valence-electron chi connectivity index (χ1n) is 4.59. The lowest BCUT2D eigenvalue weighted by atomic mass is 10.3. The monoisotopic (exact) mass is 172 g/mol. The number of nitrogens with one attached hydrogen (secondary N) is 1. The Morgan fingerprint density at radius 2 is 2.00 bits per heavy atom. The van der Waals surface area contributed by atoms with Crippen LogP contribution in [0.1, 0.15) is 26.2 Å². The number of nitrogens with zero attached hydrogens (tertiary/aromatic N) is 1. The molecule has 0 fully saturated rings. The maximum atomic E-state index is 11.1. The molecule has 0 rings (SSSR count). The third-order valence-corrected chi connectivity index (χ3v) is 1.67. The van der Waals surface area contributed by atoms with Gasteiger partial charge in [0.15, 0.2) is 0 Å². The molecule has 0 saturated carbocycles. The molecule has 0 aliphatic rings. The normalized spacial score (nSPS) is 9.92. The van der Waals surface area contributed by atoms with E-state index >= 15 is 0 Å². The molecule has 0 saturated heterocycles. The Hall–Kier alpha value is -0.570. The Morgan fingerprint density at radius 1 is 1.33 bits per heavy atom. The van der Waals surface area contributed by atoms with Gasteiger partial charge in [-0.05, 0) is 25.9 Å². The van der Waals surface area contributed by atoms with Crippen LogP contribution in [0.4, 0.5) is 0 Å². The number of rotatable bonds is 6. The zero-order chi connectivity index (χ0) is 9.40. The minimum absolute atomic E-state index is 0.216. The summed E-state index contributed by atoms with van der Waals surface area (Å²) in [5.41, 5.74) is 0. The van der Waals surface area contributed by atoms with E-state index < -0.39 is 0 Å². The molecule has 12 heavy (non-hydrogen) atoms. The van der Waals surface area contributed by atoms with Gasteiger partial charge >= 0.3 is 0 Å². The van der Waals surface area contributed by atoms with Crippen molar-refractivity contribution in [3.8, 4) is 0 Å². The standard InChI is InChI=1S/C9H20N2O/c1-4-7-10-8-5-6-9(12)11(2)3/h10H,4-8H2,1-3H3. The average Bonchev–Trinajstić information content (AvgIpc) is 2.03. The maximum absolute atomic E-state index is 11.1. The fourth-order valence-corrected chi connectivity index (χ4v) is 0.890. The lowest BCUT2D eigenvalue weighted by Crippen LogP contribution is -2.23. The highest BCUT2D eigenvalue weighted by atomic mass is 16.2. The van der Waals surface area contributed by atoms with Crippen molar-refractivity contribution in [2.24, 2.45) is 0 Å². The van der Waals surface area contributed by atoms with Crippen LogP contribution in [0.3, 0.4) is 0 Å². The van der Waals surface area contributed by atoms with Crippen LogP contribution in [-0.4, -0.2) is 38.0 Å². The zero-order valence-electron chi connectivity index (χ0n) is 8.39. The predicted molar refractivity (Wildman–Crippen MR) is 51.1 cm³/mol. The summed E-state index contributed by atoms with van der Waals surface area (Å²) in [5.74, 6) is 0.216. The Kier molecular flexibility index (Phi) is 6.76. The van der Waals surface area contributed by atoms with Crippen LogP contribution in [0, 0.1) is 0 Å². The molecule has 0 atom stereocenters. The van der Waals surface area contributed by atoms with Gasteiger partial charge < -0.3 is 10.2 Å². The van der Waals surface area contributed by atoms with Crippen molar-refractivity contribution in [2.45, 2.75) is 26.2 Å². The summed E-state index contributed by atoms with van der Waals surface area (Å²) in [4.78, 5) is 12.7. The fourth-order valence-electron chi connectivity index (χ4n) is 0.890. The van der Waals surface area contributed by atoms with Crippen LogP contribution in [-0.2, 0) is 4.79 Å². The average molecular weight is 172 g/mol. The second kappa shape index (κ2) is 7.10. The molecule has 0 spiro atoms. The van der Waals surface area contributed by atoms with Gasteiger partial charge in [-0.15, -0.1) is 0 Å². The summed E-state index contributed by atoms with van der Waals surface area (Å²) in [6, 6.07) is 0. The number of hydrogen-bond acceptors (Lipinski definition) is 2. The van der Waals surface area contributed by atoms with Gasteiger partial charge in [0.2, 0.25) is 5.91 Å². The van der Waals surface area contributed by atoms with Gasteiger partial charge in [-0.2, -0.15) is 0 Å². The molecule has 0 aliphatic heterocycles. The van der Waals surface area contributed by atoms with E-state index in [4.69, 9.17) is 0 Å². The third-order valence-electron chi connectivity index (χ3n) is 1.67. The lowest BCUT2D eigenvalue weighted by Gasteiger charge is -2.09. The van der Waals surface area contributed by atoms with Crippen molar-refractivity contribution in [1.82, 2.24) is 10.2 Å². The van der Waals surface area contributed by atoms with Crippen LogP contribution in [0.15, 0.2) is 0 Å². The highest BCUT2D eigenvalue weighted by molar-refractivity contribution is 5.75. The van der Waals surface area contributed by atoms with Crippen molar-refractivity contribution >= 4 is 5.91 Å². The third kappa shape index (κ3) is 6.16. The smallest absolute Gasteiger partial charge is 0.222 e. The summed E-state index contributed by atoms with van der Waals surface area (Å²) >= 11 is 0. The molecule has 0 unspecified atom stereocenters. The van der Waals surface area contributed by atoms with Gasteiger partial charge in [-0.1, -0.05) is 6.92 Å². The largest absolute Gasteiger partial charge is 0.349 e. The van der Waals surface area contributed by atoms with E-state index in [9.17, 15) is 4.79 Å². The van der Waals surface area contributed by atoms with E-state index in [1.807, 2.05) is 0 Å². The molecule has 72 valence electrons. The molecule has 1 amide bonds. The fraction of sp³-hybridized carbons (Fsp3) is 0.889. The van der Waals surface area contributed by atoms with Crippen LogP contribution in [0.25, 0.3) is 0 Å². The molecular weight excluding hydrogens is 152 g/mol. The van der Waals surface area contributed by atoms with Gasteiger partial charge in [-0.3, -0.25) is 4.79 Å². The second-order valence-corrected chi connectivity index (χ2v) is 3.14. The van der Waals surface area contributed by atoms with Gasteiger partial charge in [0.25, 0.3) is 0 Å². The summed E-state index contributed by atoms with van der Waals surface area (Å²) in [5, 5.41) is 3.26. The Labute approximate surface area is 75.1 Å². The Morgan fingerprint density at radius 3 is 2.50 bits per heavy atom. The van der Waals surface area contributed by atoms with Crippen molar-refractivity contribution in [2.75, 3.05) is 27.2 Å². The number of amides is 1. The molecule has 1 N–H and O–H groups in total. The lowest BCUT2D eigenvalue weighted by molar-refractivity contribution is -0.128. The molecule has 0 heterocycles. The quantitative estimate of drug-likeness (QED) is 0.603. The van der Waals surface area contributed by atoms with Gasteiger partial charge in [-0.25, -0.2) is 0 Å². The SMILES string of the molecule is CCCNCCCC(=O)N(C)C. The van der Waals surface area contributed by atoms with Crippen LogP contribution in [0.5, 0.6) is 0 Å². The molecular formula is C9H20N2O. The number of hydrogen-bond donors (Lipinski definition) is 1. The molecule has 3 nitrogen and oxygen atoms in total. The van der Waals surface area contributed by atoms with Crippen LogP contribution in [0.2, 0.25) is 0 Å². The molecule has 0 aromatic rings. The van der Waals surface area contributed by atoms with E-state index in [0.717, 1.165) is 25.9 Å². The van der Waals surface area contributed by atoms with Crippen molar-refractivity contribution in [3.63, 3.8) is 0 Å². The predicted octanol–water partition coefficient (Wildman–Crippen LogP) is 0.854. The first-order chi connectivity index (χ1) is 5.68. The molecule has 0 aliphatic carbocycles. The molecule has 0 bridgehead atoms. The van der Waals surface area contributed by atoms with Crippen LogP contribution >= 0.6 is 0 Å². The van der Waals surface area contributed by atoms with E-state index in [1.165, 1.54) is 0 Å². The highest BCUT2D eigenvalue weighted by Crippen LogP contribution is 1.91. The highest BCUT2D eigenvalue weighted by Gasteiger charge is 2.01. The number of carbonyl (C=O) groups excluding carboxylic acids is 1. The van der Waals surface area contributed by atoms with Crippen LogP contribution < -0.4 is 5.32 Å². The molecule has 0 aromatic carbocycles. The zero-order valence-corrected chi connectivity index (χ0v) is 8.39. The second-order valence-electron chi connectivity index (χ2n) is 3.14. The Bertz CT molecular complexity index is 124. The summed E-state index contributed by atoms with van der Waals surface area (Å²) in [6.45, 7) is 4.14. The molecule has 3 heteroatoms. The summed E-state index contributed by atoms with van der Waals surface area (Å²) < 4.78 is 0. The van der Waals surface area contributed by atoms with Crippen molar-refractivity contribution < 1.29 is 4.79 Å². The first-order valence-corrected chi connectivity index (χ1v) is 4.59. The van der Waals surface area contributed by atoms with Gasteiger partial charge in [0.05, 0.1) is 0 Å².